The number of aryl methyl sites for hydroxylation is 1. The SMILES string of the molecule is CCC(C)CC(Cc1nc(C)cs1)NC. The number of thiazole rings is 1. The molecule has 2 atom stereocenters. The van der Waals surface area contributed by atoms with Gasteiger partial charge in [-0.05, 0) is 26.3 Å². The quantitative estimate of drug-likeness (QED) is 0.806. The van der Waals surface area contributed by atoms with Crippen LogP contribution < -0.4 is 5.32 Å². The topological polar surface area (TPSA) is 24.9 Å². The Hall–Kier alpha value is -0.410. The van der Waals surface area contributed by atoms with Gasteiger partial charge in [0, 0.05) is 23.5 Å². The van der Waals surface area contributed by atoms with Crippen LogP contribution in [0.4, 0.5) is 0 Å². The molecule has 2 nitrogen and oxygen atoms in total. The maximum Gasteiger partial charge on any atom is 0.0943 e. The molecule has 1 rings (SSSR count). The summed E-state index contributed by atoms with van der Waals surface area (Å²) in [7, 11) is 2.05. The van der Waals surface area contributed by atoms with E-state index in [1.807, 2.05) is 7.05 Å². The summed E-state index contributed by atoms with van der Waals surface area (Å²) in [5.74, 6) is 0.795. The fraction of sp³-hybridized carbons (Fsp3) is 0.750. The van der Waals surface area contributed by atoms with E-state index in [1.165, 1.54) is 17.8 Å². The van der Waals surface area contributed by atoms with Gasteiger partial charge in [-0.15, -0.1) is 11.3 Å². The Kier molecular flexibility index (Phi) is 5.26. The lowest BCUT2D eigenvalue weighted by Gasteiger charge is -2.18. The second kappa shape index (κ2) is 6.23. The number of nitrogens with one attached hydrogen (secondary N) is 1. The largest absolute Gasteiger partial charge is 0.317 e. The molecule has 0 fully saturated rings. The molecule has 1 aromatic heterocycles. The van der Waals surface area contributed by atoms with E-state index in [0.717, 1.165) is 18.0 Å². The molecule has 15 heavy (non-hydrogen) atoms. The average molecular weight is 226 g/mol. The van der Waals surface area contributed by atoms with Gasteiger partial charge in [-0.2, -0.15) is 0 Å². The third-order valence-electron chi connectivity index (χ3n) is 2.88. The van der Waals surface area contributed by atoms with Crippen molar-refractivity contribution in [3.05, 3.63) is 16.1 Å². The Morgan fingerprint density at radius 3 is 2.73 bits per heavy atom. The summed E-state index contributed by atoms with van der Waals surface area (Å²) in [5.41, 5.74) is 1.15. The number of likely N-dealkylation sites (N-methyl/N-ethyl adjacent to an activating group) is 1. The van der Waals surface area contributed by atoms with Gasteiger partial charge in [0.2, 0.25) is 0 Å². The van der Waals surface area contributed by atoms with E-state index in [0.29, 0.717) is 6.04 Å². The highest BCUT2D eigenvalue weighted by Gasteiger charge is 2.12. The molecule has 1 heterocycles. The van der Waals surface area contributed by atoms with Crippen LogP contribution in [-0.2, 0) is 6.42 Å². The molecule has 1 N–H and O–H groups in total. The van der Waals surface area contributed by atoms with Crippen molar-refractivity contribution in [3.63, 3.8) is 0 Å². The molecule has 2 unspecified atom stereocenters. The molecule has 3 heteroatoms. The number of hydrogen-bond donors (Lipinski definition) is 1. The van der Waals surface area contributed by atoms with E-state index in [4.69, 9.17) is 0 Å². The van der Waals surface area contributed by atoms with Crippen LogP contribution in [0.3, 0.4) is 0 Å². The van der Waals surface area contributed by atoms with Gasteiger partial charge in [0.05, 0.1) is 5.01 Å². The third kappa shape index (κ3) is 4.31. The molecule has 86 valence electrons. The average Bonchev–Trinajstić information content (AvgIpc) is 2.62. The third-order valence-corrected chi connectivity index (χ3v) is 3.87. The molecular weight excluding hydrogens is 204 g/mol. The predicted molar refractivity (Wildman–Crippen MR) is 67.5 cm³/mol. The van der Waals surface area contributed by atoms with Crippen LogP contribution in [0, 0.1) is 12.8 Å². The van der Waals surface area contributed by atoms with Crippen molar-refractivity contribution >= 4 is 11.3 Å². The lowest BCUT2D eigenvalue weighted by atomic mass is 9.98. The van der Waals surface area contributed by atoms with Crippen molar-refractivity contribution in [1.82, 2.24) is 10.3 Å². The predicted octanol–water partition coefficient (Wildman–Crippen LogP) is 3.02. The van der Waals surface area contributed by atoms with E-state index in [2.05, 4.69) is 36.5 Å². The van der Waals surface area contributed by atoms with E-state index in [-0.39, 0.29) is 0 Å². The van der Waals surface area contributed by atoms with Gasteiger partial charge in [-0.3, -0.25) is 0 Å². The Balaban J connectivity index is 2.46. The lowest BCUT2D eigenvalue weighted by Crippen LogP contribution is -2.29. The Morgan fingerprint density at radius 1 is 1.53 bits per heavy atom. The lowest BCUT2D eigenvalue weighted by molar-refractivity contribution is 0.410. The molecule has 1 aromatic rings. The molecule has 0 aliphatic carbocycles. The highest BCUT2D eigenvalue weighted by molar-refractivity contribution is 7.09. The number of hydrogen-bond acceptors (Lipinski definition) is 3. The number of rotatable bonds is 6. The standard InChI is InChI=1S/C12H22N2S/c1-5-9(2)6-11(13-4)7-12-14-10(3)8-15-12/h8-9,11,13H,5-7H2,1-4H3. The van der Waals surface area contributed by atoms with Gasteiger partial charge < -0.3 is 5.32 Å². The van der Waals surface area contributed by atoms with E-state index >= 15 is 0 Å². The van der Waals surface area contributed by atoms with Gasteiger partial charge in [0.25, 0.3) is 0 Å². The molecule has 0 aliphatic heterocycles. The summed E-state index contributed by atoms with van der Waals surface area (Å²) >= 11 is 1.78. The van der Waals surface area contributed by atoms with Gasteiger partial charge >= 0.3 is 0 Å². The fourth-order valence-electron chi connectivity index (χ4n) is 1.66. The van der Waals surface area contributed by atoms with Crippen molar-refractivity contribution in [1.29, 1.82) is 0 Å². The van der Waals surface area contributed by atoms with Gasteiger partial charge in [-0.25, -0.2) is 4.98 Å². The first-order valence-corrected chi connectivity index (χ1v) is 6.62. The van der Waals surface area contributed by atoms with E-state index < -0.39 is 0 Å². The van der Waals surface area contributed by atoms with Crippen molar-refractivity contribution in [2.45, 2.75) is 46.1 Å². The van der Waals surface area contributed by atoms with Gasteiger partial charge in [0.1, 0.15) is 0 Å². The van der Waals surface area contributed by atoms with Crippen molar-refractivity contribution in [2.75, 3.05) is 7.05 Å². The van der Waals surface area contributed by atoms with Crippen LogP contribution in [0.5, 0.6) is 0 Å². The van der Waals surface area contributed by atoms with Crippen LogP contribution in [0.1, 0.15) is 37.4 Å². The van der Waals surface area contributed by atoms with Gasteiger partial charge in [-0.1, -0.05) is 20.3 Å². The zero-order valence-corrected chi connectivity index (χ0v) is 11.0. The second-order valence-electron chi connectivity index (χ2n) is 4.32. The molecule has 0 spiro atoms. The maximum atomic E-state index is 4.51. The van der Waals surface area contributed by atoms with Crippen LogP contribution >= 0.6 is 11.3 Å². The van der Waals surface area contributed by atoms with Gasteiger partial charge in [0.15, 0.2) is 0 Å². The Labute approximate surface area is 97.1 Å². The zero-order chi connectivity index (χ0) is 11.3. The summed E-state index contributed by atoms with van der Waals surface area (Å²) in [4.78, 5) is 4.51. The van der Waals surface area contributed by atoms with Crippen LogP contribution in [-0.4, -0.2) is 18.1 Å². The molecule has 0 saturated carbocycles. The van der Waals surface area contributed by atoms with E-state index in [9.17, 15) is 0 Å². The highest BCUT2D eigenvalue weighted by Crippen LogP contribution is 2.16. The molecule has 0 aliphatic rings. The normalized spacial score (nSPS) is 15.2. The minimum absolute atomic E-state index is 0.575. The van der Waals surface area contributed by atoms with Crippen molar-refractivity contribution in [3.8, 4) is 0 Å². The summed E-state index contributed by atoms with van der Waals surface area (Å²) in [6.45, 7) is 6.63. The monoisotopic (exact) mass is 226 g/mol. The first-order valence-electron chi connectivity index (χ1n) is 5.74. The van der Waals surface area contributed by atoms with Crippen molar-refractivity contribution in [2.24, 2.45) is 5.92 Å². The smallest absolute Gasteiger partial charge is 0.0943 e. The Morgan fingerprint density at radius 2 is 2.27 bits per heavy atom. The first kappa shape index (κ1) is 12.7. The fourth-order valence-corrected chi connectivity index (χ4v) is 2.52. The second-order valence-corrected chi connectivity index (χ2v) is 5.26. The minimum Gasteiger partial charge on any atom is -0.317 e. The molecule has 0 saturated heterocycles. The van der Waals surface area contributed by atoms with E-state index in [1.54, 1.807) is 11.3 Å². The molecular formula is C12H22N2S. The minimum atomic E-state index is 0.575. The summed E-state index contributed by atoms with van der Waals surface area (Å²) in [6, 6.07) is 0.575. The molecule has 0 bridgehead atoms. The molecule has 0 radical (unpaired) electrons. The highest BCUT2D eigenvalue weighted by atomic mass is 32.1. The first-order chi connectivity index (χ1) is 7.15. The molecule has 0 amide bonds. The Bertz CT molecular complexity index is 283. The zero-order valence-electron chi connectivity index (χ0n) is 10.2. The van der Waals surface area contributed by atoms with Crippen LogP contribution in [0.15, 0.2) is 5.38 Å². The summed E-state index contributed by atoms with van der Waals surface area (Å²) < 4.78 is 0. The van der Waals surface area contributed by atoms with Crippen LogP contribution in [0.25, 0.3) is 0 Å². The van der Waals surface area contributed by atoms with Crippen LogP contribution in [0.2, 0.25) is 0 Å². The molecule has 0 aromatic carbocycles. The summed E-state index contributed by atoms with van der Waals surface area (Å²) in [5, 5.41) is 6.78. The number of aromatic nitrogens is 1. The van der Waals surface area contributed by atoms with Crippen molar-refractivity contribution < 1.29 is 0 Å². The maximum absolute atomic E-state index is 4.51. The number of nitrogens with zero attached hydrogens (tertiary/aromatic N) is 1. The summed E-state index contributed by atoms with van der Waals surface area (Å²) in [6.07, 6.45) is 3.57.